The lowest BCUT2D eigenvalue weighted by molar-refractivity contribution is 0.667. The third-order valence-corrected chi connectivity index (χ3v) is 7.01. The molecule has 2 aromatic rings. The summed E-state index contributed by atoms with van der Waals surface area (Å²) in [5.74, 6) is 13.4. The van der Waals surface area contributed by atoms with E-state index < -0.39 is 0 Å². The van der Waals surface area contributed by atoms with Gasteiger partial charge < -0.3 is 0 Å². The van der Waals surface area contributed by atoms with Gasteiger partial charge in [0.15, 0.2) is 0 Å². The van der Waals surface area contributed by atoms with E-state index in [1.165, 1.54) is 85.1 Å². The van der Waals surface area contributed by atoms with E-state index in [4.69, 9.17) is 0 Å². The molecule has 0 saturated heterocycles. The zero-order chi connectivity index (χ0) is 21.3. The molecule has 0 aliphatic heterocycles. The van der Waals surface area contributed by atoms with Crippen molar-refractivity contribution in [2.24, 2.45) is 0 Å². The van der Waals surface area contributed by atoms with E-state index in [9.17, 15) is 0 Å². The summed E-state index contributed by atoms with van der Waals surface area (Å²) in [5, 5.41) is 4.57. The molecule has 0 radical (unpaired) electrons. The summed E-state index contributed by atoms with van der Waals surface area (Å²) in [6.07, 6.45) is 17.3. The Hall–Kier alpha value is -1.48. The second kappa shape index (κ2) is 16.2. The van der Waals surface area contributed by atoms with Crippen molar-refractivity contribution < 1.29 is 0 Å². The van der Waals surface area contributed by atoms with Gasteiger partial charge in [-0.3, -0.25) is 0 Å². The van der Waals surface area contributed by atoms with E-state index in [1.54, 1.807) is 22.7 Å². The quantitative estimate of drug-likeness (QED) is 0.216. The second-order valence-electron chi connectivity index (χ2n) is 8.07. The van der Waals surface area contributed by atoms with Crippen molar-refractivity contribution in [2.75, 3.05) is 0 Å². The standard InChI is InChI=1S/C28H38S2/c1-3-5-7-13-17-25-21-27(29-23-25)19-15-11-9-10-12-16-20-28-22-26(24-30-28)18-14-8-6-4-2/h21-24H,3-14,17-18H2,1-2H3. The molecule has 0 aliphatic rings. The summed E-state index contributed by atoms with van der Waals surface area (Å²) in [4.78, 5) is 2.45. The molecule has 2 heteroatoms. The molecule has 2 rings (SSSR count). The molecular formula is C28H38S2. The van der Waals surface area contributed by atoms with Crippen molar-refractivity contribution in [2.45, 2.75) is 104 Å². The molecule has 0 N–H and O–H groups in total. The molecule has 2 aromatic heterocycles. The zero-order valence-corrected chi connectivity index (χ0v) is 20.7. The van der Waals surface area contributed by atoms with Gasteiger partial charge >= 0.3 is 0 Å². The average molecular weight is 439 g/mol. The van der Waals surface area contributed by atoms with Crippen LogP contribution in [0.15, 0.2) is 22.9 Å². The molecule has 162 valence electrons. The summed E-state index contributed by atoms with van der Waals surface area (Å²) in [5.41, 5.74) is 2.93. The van der Waals surface area contributed by atoms with E-state index in [-0.39, 0.29) is 0 Å². The van der Waals surface area contributed by atoms with Crippen LogP contribution in [-0.2, 0) is 12.8 Å². The minimum atomic E-state index is 0.978. The molecule has 30 heavy (non-hydrogen) atoms. The minimum absolute atomic E-state index is 0.978. The maximum absolute atomic E-state index is 3.35. The van der Waals surface area contributed by atoms with Gasteiger partial charge in [-0.15, -0.1) is 22.7 Å². The number of thiophene rings is 2. The lowest BCUT2D eigenvalue weighted by Gasteiger charge is -1.96. The Morgan fingerprint density at radius 1 is 0.600 bits per heavy atom. The first-order chi connectivity index (χ1) is 14.8. The van der Waals surface area contributed by atoms with Crippen molar-refractivity contribution in [1.29, 1.82) is 0 Å². The van der Waals surface area contributed by atoms with Crippen LogP contribution in [-0.4, -0.2) is 0 Å². The summed E-state index contributed by atoms with van der Waals surface area (Å²) in [6.45, 7) is 4.53. The van der Waals surface area contributed by atoms with Crippen molar-refractivity contribution >= 4 is 22.7 Å². The molecule has 0 atom stereocenters. The summed E-state index contributed by atoms with van der Waals surface area (Å²) in [7, 11) is 0. The van der Waals surface area contributed by atoms with Crippen LogP contribution in [0.5, 0.6) is 0 Å². The van der Waals surface area contributed by atoms with Crippen LogP contribution in [0.25, 0.3) is 0 Å². The van der Waals surface area contributed by atoms with Crippen LogP contribution in [0.4, 0.5) is 0 Å². The highest BCUT2D eigenvalue weighted by atomic mass is 32.1. The molecule has 0 unspecified atom stereocenters. The second-order valence-corrected chi connectivity index (χ2v) is 9.89. The van der Waals surface area contributed by atoms with Crippen LogP contribution in [0.1, 0.15) is 112 Å². The van der Waals surface area contributed by atoms with Crippen LogP contribution < -0.4 is 0 Å². The zero-order valence-electron chi connectivity index (χ0n) is 19.0. The Morgan fingerprint density at radius 3 is 1.50 bits per heavy atom. The van der Waals surface area contributed by atoms with Gasteiger partial charge in [-0.25, -0.2) is 0 Å². The van der Waals surface area contributed by atoms with E-state index in [0.717, 1.165) is 25.7 Å². The SMILES string of the molecule is CCCCCCc1csc(C#CCCCCC#Cc2cc(CCCCCC)cs2)c1. The van der Waals surface area contributed by atoms with E-state index in [0.29, 0.717) is 0 Å². The normalized spacial score (nSPS) is 10.3. The molecule has 0 spiro atoms. The Balaban J connectivity index is 1.57. The monoisotopic (exact) mass is 438 g/mol. The predicted molar refractivity (Wildman–Crippen MR) is 137 cm³/mol. The Labute approximate surface area is 193 Å². The third kappa shape index (κ3) is 11.1. The van der Waals surface area contributed by atoms with Gasteiger partial charge in [0.2, 0.25) is 0 Å². The van der Waals surface area contributed by atoms with Crippen molar-refractivity contribution in [3.63, 3.8) is 0 Å². The Morgan fingerprint density at radius 2 is 1.07 bits per heavy atom. The fourth-order valence-electron chi connectivity index (χ4n) is 3.38. The average Bonchev–Trinajstić information content (AvgIpc) is 3.40. The number of rotatable bonds is 13. The smallest absolute Gasteiger partial charge is 0.0771 e. The molecule has 0 saturated carbocycles. The van der Waals surface area contributed by atoms with Gasteiger partial charge in [-0.05, 0) is 72.5 Å². The number of unbranched alkanes of at least 4 members (excludes halogenated alkanes) is 9. The number of aryl methyl sites for hydroxylation is 2. The highest BCUT2D eigenvalue weighted by molar-refractivity contribution is 7.10. The molecule has 0 aliphatic carbocycles. The molecule has 0 aromatic carbocycles. The first kappa shape index (κ1) is 24.8. The first-order valence-corrected chi connectivity index (χ1v) is 13.7. The summed E-state index contributed by atoms with van der Waals surface area (Å²) >= 11 is 3.59. The minimum Gasteiger partial charge on any atom is -0.135 e. The van der Waals surface area contributed by atoms with Crippen molar-refractivity contribution in [1.82, 2.24) is 0 Å². The van der Waals surface area contributed by atoms with E-state index >= 15 is 0 Å². The van der Waals surface area contributed by atoms with Gasteiger partial charge in [0.05, 0.1) is 9.75 Å². The fourth-order valence-corrected chi connectivity index (χ4v) is 5.01. The Bertz CT molecular complexity index is 746. The molecule has 0 bridgehead atoms. The van der Waals surface area contributed by atoms with Crippen molar-refractivity contribution in [3.05, 3.63) is 43.8 Å². The summed E-state index contributed by atoms with van der Waals surface area (Å²) < 4.78 is 0. The maximum Gasteiger partial charge on any atom is 0.0771 e. The van der Waals surface area contributed by atoms with Gasteiger partial charge in [-0.1, -0.05) is 76.1 Å². The van der Waals surface area contributed by atoms with Gasteiger partial charge in [-0.2, -0.15) is 0 Å². The molecular weight excluding hydrogens is 400 g/mol. The largest absolute Gasteiger partial charge is 0.135 e. The topological polar surface area (TPSA) is 0 Å². The van der Waals surface area contributed by atoms with Crippen LogP contribution in [0, 0.1) is 23.7 Å². The van der Waals surface area contributed by atoms with E-state index in [2.05, 4.69) is 60.4 Å². The predicted octanol–water partition coefficient (Wildman–Crippen LogP) is 9.02. The number of hydrogen-bond acceptors (Lipinski definition) is 2. The van der Waals surface area contributed by atoms with Crippen LogP contribution in [0.2, 0.25) is 0 Å². The molecule has 0 fully saturated rings. The lowest BCUT2D eigenvalue weighted by atomic mass is 10.1. The highest BCUT2D eigenvalue weighted by Gasteiger charge is 1.99. The first-order valence-electron chi connectivity index (χ1n) is 11.9. The summed E-state index contributed by atoms with van der Waals surface area (Å²) in [6, 6.07) is 4.57. The maximum atomic E-state index is 3.35. The highest BCUT2D eigenvalue weighted by Crippen LogP contribution is 2.17. The van der Waals surface area contributed by atoms with E-state index in [1.807, 2.05) is 0 Å². The van der Waals surface area contributed by atoms with Crippen LogP contribution >= 0.6 is 22.7 Å². The lowest BCUT2D eigenvalue weighted by Crippen LogP contribution is -1.82. The van der Waals surface area contributed by atoms with Gasteiger partial charge in [0.25, 0.3) is 0 Å². The van der Waals surface area contributed by atoms with Crippen molar-refractivity contribution in [3.8, 4) is 23.7 Å². The van der Waals surface area contributed by atoms with Crippen LogP contribution in [0.3, 0.4) is 0 Å². The fraction of sp³-hybridized carbons (Fsp3) is 0.571. The van der Waals surface area contributed by atoms with Gasteiger partial charge in [0, 0.05) is 12.8 Å². The Kier molecular flexibility index (Phi) is 13.4. The number of hydrogen-bond donors (Lipinski definition) is 0. The molecule has 0 amide bonds. The van der Waals surface area contributed by atoms with Gasteiger partial charge in [0.1, 0.15) is 0 Å². The molecule has 0 nitrogen and oxygen atoms in total. The third-order valence-electron chi connectivity index (χ3n) is 5.22. The molecule has 2 heterocycles.